The van der Waals surface area contributed by atoms with Gasteiger partial charge in [0.15, 0.2) is 5.65 Å². The van der Waals surface area contributed by atoms with E-state index in [4.69, 9.17) is 4.74 Å². The predicted octanol–water partition coefficient (Wildman–Crippen LogP) is 2.76. The number of hydrogen-bond acceptors (Lipinski definition) is 3. The highest BCUT2D eigenvalue weighted by molar-refractivity contribution is 9.10. The molecule has 2 aromatic heterocycles. The lowest BCUT2D eigenvalue weighted by Gasteiger charge is -2.15. The van der Waals surface area contributed by atoms with Gasteiger partial charge in [-0.1, -0.05) is 0 Å². The van der Waals surface area contributed by atoms with Crippen molar-refractivity contribution in [2.24, 2.45) is 0 Å². The first-order valence-corrected chi connectivity index (χ1v) is 6.33. The van der Waals surface area contributed by atoms with Crippen LogP contribution in [-0.4, -0.2) is 27.7 Å². The molecule has 0 bridgehead atoms. The van der Waals surface area contributed by atoms with Crippen LogP contribution in [0.1, 0.15) is 12.1 Å². The summed E-state index contributed by atoms with van der Waals surface area (Å²) in [6.07, 6.45) is 5.04. The van der Waals surface area contributed by atoms with Gasteiger partial charge in [0.2, 0.25) is 0 Å². The van der Waals surface area contributed by atoms with Gasteiger partial charge in [-0.15, -0.1) is 0 Å². The largest absolute Gasteiger partial charge is 0.377 e. The molecule has 0 radical (unpaired) electrons. The van der Waals surface area contributed by atoms with Crippen LogP contribution in [0.25, 0.3) is 16.9 Å². The molecule has 3 rings (SSSR count). The summed E-state index contributed by atoms with van der Waals surface area (Å²) in [7, 11) is 0. The number of rotatable bonds is 1. The van der Waals surface area contributed by atoms with Gasteiger partial charge in [-0.25, -0.2) is 9.97 Å². The molecule has 0 amide bonds. The number of aromatic nitrogens is 3. The third-order valence-corrected chi connectivity index (χ3v) is 3.63. The van der Waals surface area contributed by atoms with Crippen molar-refractivity contribution in [1.82, 2.24) is 14.5 Å². The average Bonchev–Trinajstić information content (AvgIpc) is 2.74. The second-order valence-corrected chi connectivity index (χ2v) is 4.77. The SMILES string of the molecule is Cc1nc2c(ccn2C2=CCOCC2)nc1Br. The van der Waals surface area contributed by atoms with Crippen LogP contribution < -0.4 is 0 Å². The summed E-state index contributed by atoms with van der Waals surface area (Å²) in [6, 6.07) is 1.99. The standard InChI is InChI=1S/C12H12BrN3O/c1-8-11(13)15-10-2-5-16(12(10)14-8)9-3-6-17-7-4-9/h2-3,5H,4,6-7H2,1H3. The van der Waals surface area contributed by atoms with E-state index in [1.807, 2.05) is 19.2 Å². The molecule has 3 heterocycles. The van der Waals surface area contributed by atoms with Crippen LogP contribution in [0.2, 0.25) is 0 Å². The van der Waals surface area contributed by atoms with Crippen molar-refractivity contribution in [2.75, 3.05) is 13.2 Å². The molecule has 0 saturated carbocycles. The van der Waals surface area contributed by atoms with Crippen LogP contribution in [0.15, 0.2) is 22.9 Å². The normalized spacial score (nSPS) is 16.2. The Labute approximate surface area is 107 Å². The minimum Gasteiger partial charge on any atom is -0.377 e. The van der Waals surface area contributed by atoms with Crippen LogP contribution in [0.5, 0.6) is 0 Å². The van der Waals surface area contributed by atoms with Crippen LogP contribution in [-0.2, 0) is 4.74 Å². The predicted molar refractivity (Wildman–Crippen MR) is 69.7 cm³/mol. The van der Waals surface area contributed by atoms with Crippen molar-refractivity contribution >= 4 is 32.8 Å². The van der Waals surface area contributed by atoms with Crippen molar-refractivity contribution in [3.63, 3.8) is 0 Å². The zero-order chi connectivity index (χ0) is 11.8. The molecule has 0 aromatic carbocycles. The molecule has 17 heavy (non-hydrogen) atoms. The van der Waals surface area contributed by atoms with Gasteiger partial charge in [0.25, 0.3) is 0 Å². The minimum absolute atomic E-state index is 0.679. The second-order valence-electron chi connectivity index (χ2n) is 4.01. The summed E-state index contributed by atoms with van der Waals surface area (Å²) in [4.78, 5) is 9.05. The lowest BCUT2D eigenvalue weighted by molar-refractivity contribution is 0.160. The summed E-state index contributed by atoms with van der Waals surface area (Å²) in [5.74, 6) is 0. The summed E-state index contributed by atoms with van der Waals surface area (Å²) in [5.41, 5.74) is 3.97. The Morgan fingerprint density at radius 1 is 1.41 bits per heavy atom. The summed E-state index contributed by atoms with van der Waals surface area (Å²) in [6.45, 7) is 3.40. The maximum atomic E-state index is 5.32. The zero-order valence-electron chi connectivity index (χ0n) is 9.48. The third-order valence-electron chi connectivity index (χ3n) is 2.88. The Kier molecular flexibility index (Phi) is 2.72. The molecule has 0 unspecified atom stereocenters. The molecule has 1 aliphatic heterocycles. The number of fused-ring (bicyclic) bond motifs is 1. The fourth-order valence-electron chi connectivity index (χ4n) is 1.97. The molecule has 0 aliphatic carbocycles. The van der Waals surface area contributed by atoms with E-state index in [1.54, 1.807) is 0 Å². The van der Waals surface area contributed by atoms with Crippen molar-refractivity contribution in [3.05, 3.63) is 28.6 Å². The van der Waals surface area contributed by atoms with Gasteiger partial charge in [-0.3, -0.25) is 0 Å². The van der Waals surface area contributed by atoms with E-state index in [0.29, 0.717) is 6.61 Å². The number of nitrogens with zero attached hydrogens (tertiary/aromatic N) is 3. The first kappa shape index (κ1) is 10.9. The van der Waals surface area contributed by atoms with E-state index in [9.17, 15) is 0 Å². The number of aryl methyl sites for hydroxylation is 1. The van der Waals surface area contributed by atoms with Crippen LogP contribution in [0.3, 0.4) is 0 Å². The number of ether oxygens (including phenoxy) is 1. The van der Waals surface area contributed by atoms with Crippen molar-refractivity contribution in [2.45, 2.75) is 13.3 Å². The minimum atomic E-state index is 0.679. The fraction of sp³-hybridized carbons (Fsp3) is 0.333. The molecule has 0 atom stereocenters. The van der Waals surface area contributed by atoms with Crippen molar-refractivity contribution < 1.29 is 4.74 Å². The van der Waals surface area contributed by atoms with Gasteiger partial charge in [-0.05, 0) is 35.0 Å². The Bertz CT molecular complexity index is 603. The van der Waals surface area contributed by atoms with Gasteiger partial charge < -0.3 is 9.30 Å². The van der Waals surface area contributed by atoms with Crippen molar-refractivity contribution in [3.8, 4) is 0 Å². The Morgan fingerprint density at radius 2 is 2.29 bits per heavy atom. The maximum Gasteiger partial charge on any atom is 0.163 e. The van der Waals surface area contributed by atoms with E-state index >= 15 is 0 Å². The average molecular weight is 294 g/mol. The lowest BCUT2D eigenvalue weighted by atomic mass is 10.2. The molecule has 88 valence electrons. The molecule has 0 fully saturated rings. The molecule has 1 aliphatic rings. The maximum absolute atomic E-state index is 5.32. The second kappa shape index (κ2) is 4.23. The molecular weight excluding hydrogens is 282 g/mol. The molecular formula is C12H12BrN3O. The fourth-order valence-corrected chi connectivity index (χ4v) is 2.25. The van der Waals surface area contributed by atoms with E-state index in [2.05, 4.69) is 36.5 Å². The van der Waals surface area contributed by atoms with E-state index < -0.39 is 0 Å². The Morgan fingerprint density at radius 3 is 3.06 bits per heavy atom. The van der Waals surface area contributed by atoms with E-state index in [-0.39, 0.29) is 0 Å². The summed E-state index contributed by atoms with van der Waals surface area (Å²) >= 11 is 3.40. The van der Waals surface area contributed by atoms with Crippen LogP contribution >= 0.6 is 15.9 Å². The lowest BCUT2D eigenvalue weighted by Crippen LogP contribution is -2.08. The summed E-state index contributed by atoms with van der Waals surface area (Å²) in [5, 5.41) is 0. The van der Waals surface area contributed by atoms with Gasteiger partial charge in [0.05, 0.1) is 18.9 Å². The van der Waals surface area contributed by atoms with Gasteiger partial charge in [-0.2, -0.15) is 0 Å². The molecule has 4 nitrogen and oxygen atoms in total. The van der Waals surface area contributed by atoms with Crippen LogP contribution in [0.4, 0.5) is 0 Å². The van der Waals surface area contributed by atoms with Gasteiger partial charge in [0, 0.05) is 18.3 Å². The molecule has 5 heteroatoms. The molecule has 0 N–H and O–H groups in total. The van der Waals surface area contributed by atoms with Gasteiger partial charge in [0.1, 0.15) is 10.1 Å². The topological polar surface area (TPSA) is 39.9 Å². The highest BCUT2D eigenvalue weighted by atomic mass is 79.9. The molecule has 2 aromatic rings. The highest BCUT2D eigenvalue weighted by Crippen LogP contribution is 2.23. The van der Waals surface area contributed by atoms with E-state index in [0.717, 1.165) is 34.5 Å². The quantitative estimate of drug-likeness (QED) is 0.812. The number of hydrogen-bond donors (Lipinski definition) is 0. The molecule has 0 spiro atoms. The highest BCUT2D eigenvalue weighted by Gasteiger charge is 2.12. The number of halogens is 1. The Balaban J connectivity index is 2.17. The van der Waals surface area contributed by atoms with E-state index in [1.165, 1.54) is 5.70 Å². The van der Waals surface area contributed by atoms with Crippen molar-refractivity contribution in [1.29, 1.82) is 0 Å². The zero-order valence-corrected chi connectivity index (χ0v) is 11.1. The monoisotopic (exact) mass is 293 g/mol. The molecule has 0 saturated heterocycles. The van der Waals surface area contributed by atoms with Crippen LogP contribution in [0, 0.1) is 6.92 Å². The van der Waals surface area contributed by atoms with Gasteiger partial charge >= 0.3 is 0 Å². The first-order valence-electron chi connectivity index (χ1n) is 5.54. The first-order chi connectivity index (χ1) is 8.25. The third kappa shape index (κ3) is 1.89. The summed E-state index contributed by atoms with van der Waals surface area (Å²) < 4.78 is 8.23. The Hall–Kier alpha value is -1.20. The smallest absolute Gasteiger partial charge is 0.163 e.